The van der Waals surface area contributed by atoms with Crippen molar-refractivity contribution in [3.63, 3.8) is 0 Å². The summed E-state index contributed by atoms with van der Waals surface area (Å²) in [6.07, 6.45) is 1.30. The van der Waals surface area contributed by atoms with E-state index in [9.17, 15) is 18.0 Å². The lowest BCUT2D eigenvalue weighted by atomic mass is 10.1. The number of benzene rings is 2. The van der Waals surface area contributed by atoms with Gasteiger partial charge in [-0.15, -0.1) is 0 Å². The number of nitrogens with one attached hydrogen (secondary N) is 1. The molecule has 0 spiro atoms. The topological polar surface area (TPSA) is 105 Å². The van der Waals surface area contributed by atoms with Crippen LogP contribution in [0, 0.1) is 0 Å². The lowest BCUT2D eigenvalue weighted by molar-refractivity contribution is -0.140. The van der Waals surface area contributed by atoms with E-state index in [0.717, 1.165) is 10.6 Å². The SMILES string of the molecule is CC[C@H](C(=O)NC(C)C)N(Cc1c(Cl)cccc1Cl)C(=O)CN(c1ccc2c(c1)OCCO2)S(C)(=O)=O. The fourth-order valence-electron chi connectivity index (χ4n) is 3.95. The molecule has 0 aliphatic carbocycles. The molecule has 37 heavy (non-hydrogen) atoms. The highest BCUT2D eigenvalue weighted by atomic mass is 35.5. The van der Waals surface area contributed by atoms with Crippen LogP contribution in [0.15, 0.2) is 36.4 Å². The number of hydrogen-bond acceptors (Lipinski definition) is 6. The molecule has 1 heterocycles. The minimum Gasteiger partial charge on any atom is -0.486 e. The maximum atomic E-state index is 13.8. The number of ether oxygens (including phenoxy) is 2. The molecule has 9 nitrogen and oxygen atoms in total. The number of rotatable bonds is 10. The zero-order chi connectivity index (χ0) is 27.3. The predicted molar refractivity (Wildman–Crippen MR) is 144 cm³/mol. The summed E-state index contributed by atoms with van der Waals surface area (Å²) in [5.74, 6) is -0.0882. The van der Waals surface area contributed by atoms with Crippen LogP contribution in [-0.4, -0.2) is 63.2 Å². The second-order valence-corrected chi connectivity index (χ2v) is 11.6. The van der Waals surface area contributed by atoms with E-state index < -0.39 is 28.5 Å². The zero-order valence-corrected chi connectivity index (χ0v) is 23.5. The second kappa shape index (κ2) is 12.2. The number of halogens is 2. The van der Waals surface area contributed by atoms with E-state index in [1.54, 1.807) is 37.3 Å². The predicted octanol–water partition coefficient (Wildman–Crippen LogP) is 3.86. The van der Waals surface area contributed by atoms with Gasteiger partial charge in [-0.25, -0.2) is 8.42 Å². The maximum absolute atomic E-state index is 13.8. The molecular formula is C25H31Cl2N3O6S. The van der Waals surface area contributed by atoms with Gasteiger partial charge in [-0.3, -0.25) is 13.9 Å². The number of anilines is 1. The Morgan fingerprint density at radius 3 is 2.24 bits per heavy atom. The maximum Gasteiger partial charge on any atom is 0.244 e. The van der Waals surface area contributed by atoms with Crippen molar-refractivity contribution in [3.8, 4) is 11.5 Å². The van der Waals surface area contributed by atoms with E-state index >= 15 is 0 Å². The van der Waals surface area contributed by atoms with Crippen molar-refractivity contribution >= 4 is 50.7 Å². The van der Waals surface area contributed by atoms with Crippen LogP contribution in [0.25, 0.3) is 0 Å². The summed E-state index contributed by atoms with van der Waals surface area (Å²) >= 11 is 12.8. The van der Waals surface area contributed by atoms with Crippen LogP contribution in [0.3, 0.4) is 0 Å². The van der Waals surface area contributed by atoms with Crippen LogP contribution in [0.1, 0.15) is 32.8 Å². The molecule has 0 saturated carbocycles. The Morgan fingerprint density at radius 1 is 1.05 bits per heavy atom. The molecule has 0 saturated heterocycles. The molecule has 1 aliphatic rings. The van der Waals surface area contributed by atoms with Gasteiger partial charge < -0.3 is 19.7 Å². The Morgan fingerprint density at radius 2 is 1.68 bits per heavy atom. The number of nitrogens with zero attached hydrogens (tertiary/aromatic N) is 2. The van der Waals surface area contributed by atoms with Gasteiger partial charge in [0.1, 0.15) is 25.8 Å². The fraction of sp³-hybridized carbons (Fsp3) is 0.440. The molecule has 3 rings (SSSR count). The van der Waals surface area contributed by atoms with E-state index in [0.29, 0.717) is 40.3 Å². The molecule has 2 amide bonds. The Balaban J connectivity index is 2.00. The van der Waals surface area contributed by atoms with E-state index in [-0.39, 0.29) is 30.6 Å². The standard InChI is InChI=1S/C25H31Cl2N3O6S/c1-5-21(25(32)28-16(2)3)29(14-18-19(26)7-6-8-20(18)27)24(31)15-30(37(4,33)34)17-9-10-22-23(13-17)36-12-11-35-22/h6-10,13,16,21H,5,11-12,14-15H2,1-4H3,(H,28,32)/t21-/m1/s1. The molecule has 1 N–H and O–H groups in total. The third-order valence-electron chi connectivity index (χ3n) is 5.70. The molecule has 2 aromatic carbocycles. The molecule has 0 fully saturated rings. The summed E-state index contributed by atoms with van der Waals surface area (Å²) in [6, 6.07) is 8.56. The third kappa shape index (κ3) is 7.21. The number of carbonyl (C=O) groups excluding carboxylic acids is 2. The van der Waals surface area contributed by atoms with Crippen LogP contribution in [0.5, 0.6) is 11.5 Å². The molecule has 2 aromatic rings. The molecule has 0 unspecified atom stereocenters. The first kappa shape index (κ1) is 28.9. The van der Waals surface area contributed by atoms with Crippen LogP contribution >= 0.6 is 23.2 Å². The van der Waals surface area contributed by atoms with Gasteiger partial charge in [-0.2, -0.15) is 0 Å². The van der Waals surface area contributed by atoms with Crippen molar-refractivity contribution in [2.24, 2.45) is 0 Å². The number of amides is 2. The molecular weight excluding hydrogens is 541 g/mol. The van der Waals surface area contributed by atoms with E-state index in [1.165, 1.54) is 11.0 Å². The van der Waals surface area contributed by atoms with Gasteiger partial charge in [-0.05, 0) is 44.5 Å². The van der Waals surface area contributed by atoms with Crippen molar-refractivity contribution < 1.29 is 27.5 Å². The molecule has 0 aromatic heterocycles. The van der Waals surface area contributed by atoms with Gasteiger partial charge in [0.25, 0.3) is 0 Å². The van der Waals surface area contributed by atoms with Crippen molar-refractivity contribution in [1.29, 1.82) is 0 Å². The Bertz CT molecular complexity index is 1230. The van der Waals surface area contributed by atoms with Gasteiger partial charge in [0.2, 0.25) is 21.8 Å². The minimum atomic E-state index is -3.90. The highest BCUT2D eigenvalue weighted by Crippen LogP contribution is 2.35. The van der Waals surface area contributed by atoms with Crippen LogP contribution in [0.4, 0.5) is 5.69 Å². The summed E-state index contributed by atoms with van der Waals surface area (Å²) in [4.78, 5) is 28.2. The average molecular weight is 573 g/mol. The smallest absolute Gasteiger partial charge is 0.244 e. The molecule has 0 radical (unpaired) electrons. The van der Waals surface area contributed by atoms with E-state index in [1.807, 2.05) is 13.8 Å². The van der Waals surface area contributed by atoms with E-state index in [4.69, 9.17) is 32.7 Å². The quantitative estimate of drug-likeness (QED) is 0.464. The van der Waals surface area contributed by atoms with E-state index in [2.05, 4.69) is 5.32 Å². The molecule has 1 atom stereocenters. The minimum absolute atomic E-state index is 0.0832. The number of carbonyl (C=O) groups is 2. The third-order valence-corrected chi connectivity index (χ3v) is 7.55. The van der Waals surface area contributed by atoms with Crippen molar-refractivity contribution in [2.75, 3.05) is 30.3 Å². The number of sulfonamides is 1. The first-order valence-electron chi connectivity index (χ1n) is 11.8. The van der Waals surface area contributed by atoms with Crippen LogP contribution < -0.4 is 19.1 Å². The molecule has 1 aliphatic heterocycles. The summed E-state index contributed by atoms with van der Waals surface area (Å²) < 4.78 is 37.7. The highest BCUT2D eigenvalue weighted by molar-refractivity contribution is 7.92. The Kier molecular flexibility index (Phi) is 9.55. The largest absolute Gasteiger partial charge is 0.486 e. The fourth-order valence-corrected chi connectivity index (χ4v) is 5.31. The van der Waals surface area contributed by atoms with Gasteiger partial charge in [0, 0.05) is 34.3 Å². The Hall–Kier alpha value is -2.69. The first-order chi connectivity index (χ1) is 17.4. The second-order valence-electron chi connectivity index (χ2n) is 8.91. The Labute approximate surface area is 227 Å². The van der Waals surface area contributed by atoms with Gasteiger partial charge in [0.15, 0.2) is 11.5 Å². The zero-order valence-electron chi connectivity index (χ0n) is 21.2. The molecule has 12 heteroatoms. The molecule has 202 valence electrons. The lowest BCUT2D eigenvalue weighted by Crippen LogP contribution is -2.53. The van der Waals surface area contributed by atoms with Crippen molar-refractivity contribution in [3.05, 3.63) is 52.0 Å². The van der Waals surface area contributed by atoms with Gasteiger partial charge in [0.05, 0.1) is 11.9 Å². The number of fused-ring (bicyclic) bond motifs is 1. The summed E-state index contributed by atoms with van der Waals surface area (Å²) in [5.41, 5.74) is 0.690. The van der Waals surface area contributed by atoms with Crippen LogP contribution in [0.2, 0.25) is 10.0 Å². The normalized spacial score (nSPS) is 13.7. The van der Waals surface area contributed by atoms with Gasteiger partial charge in [-0.1, -0.05) is 36.2 Å². The van der Waals surface area contributed by atoms with Crippen molar-refractivity contribution in [1.82, 2.24) is 10.2 Å². The highest BCUT2D eigenvalue weighted by Gasteiger charge is 2.33. The van der Waals surface area contributed by atoms with Crippen LogP contribution in [-0.2, 0) is 26.2 Å². The number of hydrogen-bond donors (Lipinski definition) is 1. The van der Waals surface area contributed by atoms with Crippen molar-refractivity contribution in [2.45, 2.75) is 45.8 Å². The first-order valence-corrected chi connectivity index (χ1v) is 14.4. The lowest BCUT2D eigenvalue weighted by Gasteiger charge is -2.33. The van der Waals surface area contributed by atoms with Gasteiger partial charge >= 0.3 is 0 Å². The summed E-state index contributed by atoms with van der Waals surface area (Å²) in [6.45, 7) is 5.48. The average Bonchev–Trinajstić information content (AvgIpc) is 2.82. The monoisotopic (exact) mass is 571 g/mol. The summed E-state index contributed by atoms with van der Waals surface area (Å²) in [5, 5.41) is 3.49. The summed E-state index contributed by atoms with van der Waals surface area (Å²) in [7, 11) is -3.90. The molecule has 0 bridgehead atoms.